The van der Waals surface area contributed by atoms with Gasteiger partial charge in [0.1, 0.15) is 11.5 Å². The molecule has 3 aromatic rings. The predicted octanol–water partition coefficient (Wildman–Crippen LogP) is 4.19. The van der Waals surface area contributed by atoms with Crippen LogP contribution in [0.15, 0.2) is 78.4 Å². The molecule has 1 atom stereocenters. The molecule has 0 fully saturated rings. The Balaban J connectivity index is 1.65. The molecular weight excluding hydrogens is 352 g/mol. The Labute approximate surface area is 164 Å². The average Bonchev–Trinajstić information content (AvgIpc) is 2.71. The summed E-state index contributed by atoms with van der Waals surface area (Å²) in [5.41, 5.74) is 3.72. The molecule has 0 heterocycles. The highest BCUT2D eigenvalue weighted by Gasteiger charge is 2.15. The molecule has 0 aromatic heterocycles. The van der Waals surface area contributed by atoms with E-state index in [0.717, 1.165) is 16.3 Å². The molecule has 3 rings (SSSR count). The minimum atomic E-state index is -0.733. The maximum absolute atomic E-state index is 12.3. The summed E-state index contributed by atoms with van der Waals surface area (Å²) in [7, 11) is 0. The Kier molecular flexibility index (Phi) is 6.07. The number of aromatic hydroxyl groups is 1. The lowest BCUT2D eigenvalue weighted by Crippen LogP contribution is -2.33. The van der Waals surface area contributed by atoms with Crippen molar-refractivity contribution in [2.75, 3.05) is 0 Å². The molecule has 0 saturated carbocycles. The van der Waals surface area contributed by atoms with Gasteiger partial charge in [0.05, 0.1) is 6.21 Å². The van der Waals surface area contributed by atoms with Crippen molar-refractivity contribution in [1.29, 1.82) is 0 Å². The standard InChI is InChI=1S/C23H22N2O3/c1-3-8-18-11-6-12-19(22(18)26)15-24-25-23(27)16(2)28-21-14-7-10-17-9-4-5-13-20(17)21/h3-7,9-16,26H,1,8H2,2H3,(H,25,27)/b24-15-/t16-/m0/s1. The van der Waals surface area contributed by atoms with E-state index >= 15 is 0 Å². The third kappa shape index (κ3) is 4.38. The molecule has 0 aliphatic carbocycles. The Morgan fingerprint density at radius 3 is 2.75 bits per heavy atom. The zero-order valence-electron chi connectivity index (χ0n) is 15.6. The molecule has 1 amide bonds. The number of nitrogens with zero attached hydrogens (tertiary/aromatic N) is 1. The molecule has 0 radical (unpaired) electrons. The lowest BCUT2D eigenvalue weighted by atomic mass is 10.1. The molecule has 5 heteroatoms. The molecule has 2 N–H and O–H groups in total. The zero-order valence-corrected chi connectivity index (χ0v) is 15.6. The van der Waals surface area contributed by atoms with Gasteiger partial charge in [-0.2, -0.15) is 5.10 Å². The van der Waals surface area contributed by atoms with Gasteiger partial charge in [0.25, 0.3) is 5.91 Å². The number of phenolic OH excluding ortho intramolecular Hbond substituents is 1. The number of hydrogen-bond acceptors (Lipinski definition) is 4. The quantitative estimate of drug-likeness (QED) is 0.370. The topological polar surface area (TPSA) is 70.9 Å². The summed E-state index contributed by atoms with van der Waals surface area (Å²) in [6.45, 7) is 5.33. The molecule has 0 spiro atoms. The van der Waals surface area contributed by atoms with E-state index in [1.807, 2.05) is 54.6 Å². The molecule has 0 aliphatic rings. The molecule has 142 valence electrons. The number of ether oxygens (including phenoxy) is 1. The number of para-hydroxylation sites is 1. The lowest BCUT2D eigenvalue weighted by Gasteiger charge is -2.14. The van der Waals surface area contributed by atoms with Gasteiger partial charge in [0.2, 0.25) is 0 Å². The Bertz CT molecular complexity index is 1020. The minimum absolute atomic E-state index is 0.125. The van der Waals surface area contributed by atoms with Crippen LogP contribution in [0.1, 0.15) is 18.1 Å². The van der Waals surface area contributed by atoms with Gasteiger partial charge in [-0.3, -0.25) is 4.79 Å². The van der Waals surface area contributed by atoms with Crippen molar-refractivity contribution in [3.05, 3.63) is 84.4 Å². The highest BCUT2D eigenvalue weighted by atomic mass is 16.5. The van der Waals surface area contributed by atoms with Gasteiger partial charge in [-0.1, -0.05) is 54.6 Å². The zero-order chi connectivity index (χ0) is 19.9. The number of phenols is 1. The van der Waals surface area contributed by atoms with Crippen LogP contribution in [-0.2, 0) is 11.2 Å². The molecule has 0 bridgehead atoms. The van der Waals surface area contributed by atoms with Gasteiger partial charge in [0, 0.05) is 10.9 Å². The van der Waals surface area contributed by atoms with Gasteiger partial charge in [-0.15, -0.1) is 6.58 Å². The summed E-state index contributed by atoms with van der Waals surface area (Å²) in [6, 6.07) is 18.9. The molecule has 0 saturated heterocycles. The van der Waals surface area contributed by atoms with Crippen molar-refractivity contribution in [2.24, 2.45) is 5.10 Å². The first-order valence-electron chi connectivity index (χ1n) is 8.99. The van der Waals surface area contributed by atoms with Crippen molar-refractivity contribution in [1.82, 2.24) is 5.43 Å². The number of fused-ring (bicyclic) bond motifs is 1. The number of nitrogens with one attached hydrogen (secondary N) is 1. The second kappa shape index (κ2) is 8.86. The largest absolute Gasteiger partial charge is 0.507 e. The van der Waals surface area contributed by atoms with Crippen LogP contribution in [0, 0.1) is 0 Å². The molecule has 0 unspecified atom stereocenters. The highest BCUT2D eigenvalue weighted by molar-refractivity contribution is 5.89. The molecule has 5 nitrogen and oxygen atoms in total. The van der Waals surface area contributed by atoms with E-state index in [9.17, 15) is 9.90 Å². The van der Waals surface area contributed by atoms with E-state index in [-0.39, 0.29) is 11.7 Å². The minimum Gasteiger partial charge on any atom is -0.507 e. The van der Waals surface area contributed by atoms with E-state index in [1.165, 1.54) is 6.21 Å². The third-order valence-corrected chi connectivity index (χ3v) is 4.32. The summed E-state index contributed by atoms with van der Waals surface area (Å²) in [6.07, 6.45) is 2.94. The first-order chi connectivity index (χ1) is 13.6. The summed E-state index contributed by atoms with van der Waals surface area (Å²) >= 11 is 0. The summed E-state index contributed by atoms with van der Waals surface area (Å²) in [5.74, 6) is 0.380. The smallest absolute Gasteiger partial charge is 0.280 e. The molecule has 28 heavy (non-hydrogen) atoms. The van der Waals surface area contributed by atoms with E-state index in [1.54, 1.807) is 19.1 Å². The number of allylic oxidation sites excluding steroid dienone is 1. The number of hydrogen-bond donors (Lipinski definition) is 2. The fourth-order valence-electron chi connectivity index (χ4n) is 2.83. The summed E-state index contributed by atoms with van der Waals surface area (Å²) in [5, 5.41) is 16.1. The average molecular weight is 374 g/mol. The van der Waals surface area contributed by atoms with Gasteiger partial charge >= 0.3 is 0 Å². The fourth-order valence-corrected chi connectivity index (χ4v) is 2.83. The van der Waals surface area contributed by atoms with E-state index in [2.05, 4.69) is 17.1 Å². The first-order valence-corrected chi connectivity index (χ1v) is 8.99. The summed E-state index contributed by atoms with van der Waals surface area (Å²) < 4.78 is 5.82. The summed E-state index contributed by atoms with van der Waals surface area (Å²) in [4.78, 5) is 12.3. The van der Waals surface area contributed by atoms with Gasteiger partial charge in [-0.25, -0.2) is 5.43 Å². The van der Waals surface area contributed by atoms with E-state index in [0.29, 0.717) is 17.7 Å². The highest BCUT2D eigenvalue weighted by Crippen LogP contribution is 2.26. The van der Waals surface area contributed by atoms with Crippen LogP contribution < -0.4 is 10.2 Å². The van der Waals surface area contributed by atoms with Crippen LogP contribution in [0.2, 0.25) is 0 Å². The van der Waals surface area contributed by atoms with E-state index < -0.39 is 6.10 Å². The SMILES string of the molecule is C=CCc1cccc(/C=N\NC(=O)[C@H](C)Oc2cccc3ccccc23)c1O. The molecular formula is C23H22N2O3. The van der Waals surface area contributed by atoms with Crippen molar-refractivity contribution < 1.29 is 14.6 Å². The van der Waals surface area contributed by atoms with Crippen LogP contribution in [0.5, 0.6) is 11.5 Å². The second-order valence-corrected chi connectivity index (χ2v) is 6.32. The number of hydrazone groups is 1. The Hall–Kier alpha value is -3.60. The fraction of sp³-hybridized carbons (Fsp3) is 0.130. The normalized spacial score (nSPS) is 12.0. The number of carbonyl (C=O) groups excluding carboxylic acids is 1. The van der Waals surface area contributed by atoms with Crippen molar-refractivity contribution in [2.45, 2.75) is 19.4 Å². The van der Waals surface area contributed by atoms with Crippen LogP contribution in [0.25, 0.3) is 10.8 Å². The Morgan fingerprint density at radius 2 is 1.93 bits per heavy atom. The van der Waals surface area contributed by atoms with Crippen LogP contribution >= 0.6 is 0 Å². The predicted molar refractivity (Wildman–Crippen MR) is 112 cm³/mol. The monoisotopic (exact) mass is 374 g/mol. The van der Waals surface area contributed by atoms with E-state index in [4.69, 9.17) is 4.74 Å². The number of amides is 1. The third-order valence-electron chi connectivity index (χ3n) is 4.32. The van der Waals surface area contributed by atoms with Crippen molar-refractivity contribution in [3.63, 3.8) is 0 Å². The number of carbonyl (C=O) groups is 1. The first kappa shape index (κ1) is 19.2. The maximum atomic E-state index is 12.3. The maximum Gasteiger partial charge on any atom is 0.280 e. The van der Waals surface area contributed by atoms with Crippen LogP contribution in [0.3, 0.4) is 0 Å². The Morgan fingerprint density at radius 1 is 1.18 bits per heavy atom. The molecule has 0 aliphatic heterocycles. The second-order valence-electron chi connectivity index (χ2n) is 6.32. The van der Waals surface area contributed by atoms with Gasteiger partial charge in [-0.05, 0) is 36.4 Å². The lowest BCUT2D eigenvalue weighted by molar-refractivity contribution is -0.127. The van der Waals surface area contributed by atoms with Gasteiger partial charge in [0.15, 0.2) is 6.10 Å². The van der Waals surface area contributed by atoms with Gasteiger partial charge < -0.3 is 9.84 Å². The number of rotatable bonds is 7. The van der Waals surface area contributed by atoms with Crippen molar-refractivity contribution in [3.8, 4) is 11.5 Å². The van der Waals surface area contributed by atoms with Crippen molar-refractivity contribution >= 4 is 22.9 Å². The van der Waals surface area contributed by atoms with Crippen LogP contribution in [-0.4, -0.2) is 23.3 Å². The number of benzene rings is 3. The van der Waals surface area contributed by atoms with Crippen LogP contribution in [0.4, 0.5) is 0 Å². The molecule has 3 aromatic carbocycles.